The van der Waals surface area contributed by atoms with Gasteiger partial charge in [0.25, 0.3) is 5.91 Å². The SMILES string of the molecule is CCOc1ccc(C(=O)Nc2scc(-c3cccc(Br)c3)c2C(=O)OC)cc1. The van der Waals surface area contributed by atoms with Crippen molar-refractivity contribution in [3.63, 3.8) is 0 Å². The van der Waals surface area contributed by atoms with Crippen LogP contribution in [0.15, 0.2) is 58.4 Å². The number of methoxy groups -OCH3 is 1. The highest BCUT2D eigenvalue weighted by molar-refractivity contribution is 9.10. The predicted octanol–water partition coefficient (Wildman–Crippen LogP) is 5.62. The molecule has 3 rings (SSSR count). The summed E-state index contributed by atoms with van der Waals surface area (Å²) in [6.07, 6.45) is 0. The molecule has 1 amide bonds. The van der Waals surface area contributed by atoms with Crippen LogP contribution in [0.1, 0.15) is 27.6 Å². The first-order chi connectivity index (χ1) is 13.5. The Labute approximate surface area is 175 Å². The van der Waals surface area contributed by atoms with Crippen molar-refractivity contribution in [1.29, 1.82) is 0 Å². The second kappa shape index (κ2) is 9.03. The van der Waals surface area contributed by atoms with Crippen LogP contribution in [0.3, 0.4) is 0 Å². The molecule has 1 N–H and O–H groups in total. The molecule has 7 heteroatoms. The quantitative estimate of drug-likeness (QED) is 0.486. The van der Waals surface area contributed by atoms with Crippen LogP contribution in [0.2, 0.25) is 0 Å². The number of hydrogen-bond acceptors (Lipinski definition) is 5. The van der Waals surface area contributed by atoms with Gasteiger partial charge in [0.2, 0.25) is 0 Å². The van der Waals surface area contributed by atoms with Gasteiger partial charge in [0.1, 0.15) is 16.3 Å². The summed E-state index contributed by atoms with van der Waals surface area (Å²) in [5, 5.41) is 5.10. The Hall–Kier alpha value is -2.64. The van der Waals surface area contributed by atoms with Gasteiger partial charge in [-0.25, -0.2) is 4.79 Å². The van der Waals surface area contributed by atoms with Crippen molar-refractivity contribution in [3.8, 4) is 16.9 Å². The van der Waals surface area contributed by atoms with E-state index in [0.717, 1.165) is 10.0 Å². The van der Waals surface area contributed by atoms with Crippen molar-refractivity contribution >= 4 is 44.1 Å². The van der Waals surface area contributed by atoms with Crippen molar-refractivity contribution < 1.29 is 19.1 Å². The van der Waals surface area contributed by atoms with E-state index in [2.05, 4.69) is 21.2 Å². The molecule has 0 aliphatic carbocycles. The molecule has 0 bridgehead atoms. The molecular formula is C21H18BrNO4S. The second-order valence-corrected chi connectivity index (χ2v) is 7.56. The highest BCUT2D eigenvalue weighted by Crippen LogP contribution is 2.37. The van der Waals surface area contributed by atoms with Crippen LogP contribution in [-0.2, 0) is 4.74 Å². The normalized spacial score (nSPS) is 10.4. The minimum absolute atomic E-state index is 0.309. The molecule has 2 aromatic carbocycles. The van der Waals surface area contributed by atoms with Gasteiger partial charge < -0.3 is 14.8 Å². The third-order valence-corrected chi connectivity index (χ3v) is 5.36. The Kier molecular flexibility index (Phi) is 6.49. The van der Waals surface area contributed by atoms with Crippen LogP contribution in [0.25, 0.3) is 11.1 Å². The first-order valence-electron chi connectivity index (χ1n) is 8.53. The molecule has 0 saturated heterocycles. The van der Waals surface area contributed by atoms with Crippen LogP contribution in [0.4, 0.5) is 5.00 Å². The largest absolute Gasteiger partial charge is 0.494 e. The number of hydrogen-bond donors (Lipinski definition) is 1. The molecule has 5 nitrogen and oxygen atoms in total. The maximum absolute atomic E-state index is 12.6. The Bertz CT molecular complexity index is 998. The van der Waals surface area contributed by atoms with Crippen molar-refractivity contribution in [2.45, 2.75) is 6.92 Å². The van der Waals surface area contributed by atoms with Gasteiger partial charge in [-0.2, -0.15) is 0 Å². The summed E-state index contributed by atoms with van der Waals surface area (Å²) in [4.78, 5) is 25.1. The van der Waals surface area contributed by atoms with Crippen LogP contribution < -0.4 is 10.1 Å². The standard InChI is InChI=1S/C21H18BrNO4S/c1-3-27-16-9-7-13(8-10-16)19(24)23-20-18(21(25)26-2)17(12-28-20)14-5-4-6-15(22)11-14/h4-12H,3H2,1-2H3,(H,23,24). The number of anilines is 1. The molecule has 1 aromatic heterocycles. The number of carbonyl (C=O) groups excluding carboxylic acids is 2. The summed E-state index contributed by atoms with van der Waals surface area (Å²) in [6.45, 7) is 2.45. The van der Waals surface area contributed by atoms with E-state index in [1.54, 1.807) is 24.3 Å². The number of ether oxygens (including phenoxy) is 2. The molecule has 28 heavy (non-hydrogen) atoms. The first kappa shape index (κ1) is 20.1. The van der Waals surface area contributed by atoms with Gasteiger partial charge in [-0.15, -0.1) is 11.3 Å². The number of thiophene rings is 1. The number of nitrogens with one attached hydrogen (secondary N) is 1. The number of esters is 1. The Morgan fingerprint density at radius 2 is 1.89 bits per heavy atom. The Morgan fingerprint density at radius 3 is 2.54 bits per heavy atom. The minimum Gasteiger partial charge on any atom is -0.494 e. The summed E-state index contributed by atoms with van der Waals surface area (Å²) in [5.41, 5.74) is 2.37. The third-order valence-electron chi connectivity index (χ3n) is 3.97. The molecule has 3 aromatic rings. The smallest absolute Gasteiger partial charge is 0.341 e. The molecule has 0 unspecified atom stereocenters. The van der Waals surface area contributed by atoms with Crippen LogP contribution in [-0.4, -0.2) is 25.6 Å². The van der Waals surface area contributed by atoms with E-state index in [4.69, 9.17) is 9.47 Å². The van der Waals surface area contributed by atoms with E-state index in [9.17, 15) is 9.59 Å². The van der Waals surface area contributed by atoms with Gasteiger partial charge in [0.05, 0.1) is 13.7 Å². The van der Waals surface area contributed by atoms with Gasteiger partial charge in [-0.1, -0.05) is 28.1 Å². The average molecular weight is 460 g/mol. The molecule has 0 aliphatic heterocycles. The van der Waals surface area contributed by atoms with Gasteiger partial charge in [-0.05, 0) is 48.9 Å². The van der Waals surface area contributed by atoms with Gasteiger partial charge in [0, 0.05) is 21.0 Å². The lowest BCUT2D eigenvalue weighted by Gasteiger charge is -2.09. The van der Waals surface area contributed by atoms with E-state index in [0.29, 0.717) is 34.0 Å². The van der Waals surface area contributed by atoms with Gasteiger partial charge in [-0.3, -0.25) is 4.79 Å². The number of benzene rings is 2. The highest BCUT2D eigenvalue weighted by atomic mass is 79.9. The fraction of sp³-hybridized carbons (Fsp3) is 0.143. The van der Waals surface area contributed by atoms with Crippen molar-refractivity contribution in [2.24, 2.45) is 0 Å². The Balaban J connectivity index is 1.91. The van der Waals surface area contributed by atoms with E-state index >= 15 is 0 Å². The lowest BCUT2D eigenvalue weighted by atomic mass is 10.0. The minimum atomic E-state index is -0.502. The summed E-state index contributed by atoms with van der Waals surface area (Å²) in [7, 11) is 1.32. The molecule has 0 saturated carbocycles. The zero-order valence-corrected chi connectivity index (χ0v) is 17.7. The average Bonchev–Trinajstić information content (AvgIpc) is 3.11. The zero-order chi connectivity index (χ0) is 20.1. The maximum atomic E-state index is 12.6. The summed E-state index contributed by atoms with van der Waals surface area (Å²) in [5.74, 6) is -0.114. The molecule has 1 heterocycles. The number of amides is 1. The van der Waals surface area contributed by atoms with Crippen LogP contribution >= 0.6 is 27.3 Å². The number of carbonyl (C=O) groups is 2. The van der Waals surface area contributed by atoms with Crippen molar-refractivity contribution in [3.05, 3.63) is 69.5 Å². The lowest BCUT2D eigenvalue weighted by Crippen LogP contribution is -2.14. The molecule has 0 radical (unpaired) electrons. The monoisotopic (exact) mass is 459 g/mol. The highest BCUT2D eigenvalue weighted by Gasteiger charge is 2.22. The molecule has 0 atom stereocenters. The third kappa shape index (κ3) is 4.43. The fourth-order valence-electron chi connectivity index (χ4n) is 2.67. The number of rotatable bonds is 6. The van der Waals surface area contributed by atoms with Crippen molar-refractivity contribution in [1.82, 2.24) is 0 Å². The predicted molar refractivity (Wildman–Crippen MR) is 114 cm³/mol. The molecular weight excluding hydrogens is 442 g/mol. The van der Waals surface area contributed by atoms with E-state index in [1.165, 1.54) is 18.4 Å². The zero-order valence-electron chi connectivity index (χ0n) is 15.3. The molecule has 0 aliphatic rings. The summed E-state index contributed by atoms with van der Waals surface area (Å²) in [6, 6.07) is 14.4. The second-order valence-electron chi connectivity index (χ2n) is 5.77. The molecule has 0 spiro atoms. The fourth-order valence-corrected chi connectivity index (χ4v) is 4.02. The van der Waals surface area contributed by atoms with Gasteiger partial charge in [0.15, 0.2) is 0 Å². The number of halogens is 1. The lowest BCUT2D eigenvalue weighted by molar-refractivity contribution is 0.0603. The van der Waals surface area contributed by atoms with Crippen LogP contribution in [0.5, 0.6) is 5.75 Å². The summed E-state index contributed by atoms with van der Waals surface area (Å²) < 4.78 is 11.2. The van der Waals surface area contributed by atoms with Crippen LogP contribution in [0, 0.1) is 0 Å². The maximum Gasteiger partial charge on any atom is 0.341 e. The van der Waals surface area contributed by atoms with E-state index in [1.807, 2.05) is 36.6 Å². The molecule has 0 fully saturated rings. The first-order valence-corrected chi connectivity index (χ1v) is 10.2. The van der Waals surface area contributed by atoms with E-state index < -0.39 is 5.97 Å². The summed E-state index contributed by atoms with van der Waals surface area (Å²) >= 11 is 4.72. The van der Waals surface area contributed by atoms with Crippen molar-refractivity contribution in [2.75, 3.05) is 19.0 Å². The molecule has 144 valence electrons. The Morgan fingerprint density at radius 1 is 1.14 bits per heavy atom. The van der Waals surface area contributed by atoms with E-state index in [-0.39, 0.29) is 5.91 Å². The topological polar surface area (TPSA) is 64.6 Å². The van der Waals surface area contributed by atoms with Gasteiger partial charge >= 0.3 is 5.97 Å².